The highest BCUT2D eigenvalue weighted by Crippen LogP contribution is 2.38. The van der Waals surface area contributed by atoms with Gasteiger partial charge in [-0.2, -0.15) is 0 Å². The van der Waals surface area contributed by atoms with Gasteiger partial charge in [0, 0.05) is 32.9 Å². The largest absolute Gasteiger partial charge is 0.309 e. The van der Waals surface area contributed by atoms with Gasteiger partial charge in [-0.25, -0.2) is 0 Å². The predicted octanol–water partition coefficient (Wildman–Crippen LogP) is 15.9. The minimum absolute atomic E-state index is 1.14. The van der Waals surface area contributed by atoms with Gasteiger partial charge in [-0.1, -0.05) is 243 Å². The molecule has 2 aromatic heterocycles. The third-order valence-corrected chi connectivity index (χ3v) is 20.3. The van der Waals surface area contributed by atoms with Crippen LogP contribution in [-0.4, -0.2) is 17.2 Å². The Hall–Kier alpha value is -9.54. The second-order valence-electron chi connectivity index (χ2n) is 19.6. The molecule has 0 radical (unpaired) electrons. The zero-order valence-electron chi connectivity index (χ0n) is 41.3. The molecule has 0 saturated carbocycles. The van der Waals surface area contributed by atoms with E-state index in [1.165, 1.54) is 109 Å². The first-order chi connectivity index (χ1) is 37.2. The van der Waals surface area contributed by atoms with E-state index in [1.54, 1.807) is 0 Å². The number of benzene rings is 12. The van der Waals surface area contributed by atoms with Gasteiger partial charge in [0.15, 0.2) is 8.07 Å². The second kappa shape index (κ2) is 18.5. The predicted molar refractivity (Wildman–Crippen MR) is 320 cm³/mol. The average molecular weight is 971 g/mol. The lowest BCUT2D eigenvalue weighted by atomic mass is 9.98. The van der Waals surface area contributed by atoms with E-state index in [1.807, 2.05) is 0 Å². The quantitative estimate of drug-likeness (QED) is 0.0955. The summed E-state index contributed by atoms with van der Waals surface area (Å²) in [4.78, 5) is 0. The van der Waals surface area contributed by atoms with Gasteiger partial charge in [0.25, 0.3) is 0 Å². The number of hydrogen-bond acceptors (Lipinski definition) is 0. The van der Waals surface area contributed by atoms with Gasteiger partial charge < -0.3 is 9.13 Å². The molecule has 352 valence electrons. The molecule has 14 aromatic rings. The van der Waals surface area contributed by atoms with Crippen molar-refractivity contribution < 1.29 is 0 Å². The van der Waals surface area contributed by atoms with Crippen molar-refractivity contribution in [1.82, 2.24) is 9.13 Å². The molecule has 12 aromatic carbocycles. The minimum atomic E-state index is -2.67. The number of rotatable bonds is 10. The molecule has 3 heteroatoms. The summed E-state index contributed by atoms with van der Waals surface area (Å²) in [6.07, 6.45) is 0. The smallest absolute Gasteiger partial charge is 0.179 e. The van der Waals surface area contributed by atoms with Crippen LogP contribution in [0.3, 0.4) is 0 Å². The number of aromatic nitrogens is 2. The first-order valence-corrected chi connectivity index (χ1v) is 27.9. The third-order valence-electron chi connectivity index (χ3n) is 15.5. The highest BCUT2D eigenvalue weighted by molar-refractivity contribution is 7.19. The van der Waals surface area contributed by atoms with Crippen LogP contribution in [0.25, 0.3) is 99.5 Å². The highest BCUT2D eigenvalue weighted by atomic mass is 28.3. The zero-order chi connectivity index (χ0) is 49.7. The molecule has 0 atom stereocenters. The number of hydrogen-bond donors (Lipinski definition) is 0. The molecule has 0 bridgehead atoms. The van der Waals surface area contributed by atoms with E-state index in [0.717, 1.165) is 11.4 Å². The van der Waals surface area contributed by atoms with Crippen LogP contribution in [-0.2, 0) is 0 Å². The van der Waals surface area contributed by atoms with Crippen LogP contribution in [0.5, 0.6) is 0 Å². The van der Waals surface area contributed by atoms with Crippen LogP contribution in [0.1, 0.15) is 0 Å². The average Bonchev–Trinajstić information content (AvgIpc) is 4.02. The molecule has 0 amide bonds. The van der Waals surface area contributed by atoms with Crippen LogP contribution in [0.15, 0.2) is 303 Å². The van der Waals surface area contributed by atoms with E-state index < -0.39 is 8.07 Å². The maximum absolute atomic E-state index is 2.67. The summed E-state index contributed by atoms with van der Waals surface area (Å²) in [5.74, 6) is 0. The summed E-state index contributed by atoms with van der Waals surface area (Å²) in [5.41, 5.74) is 16.7. The van der Waals surface area contributed by atoms with Crippen molar-refractivity contribution in [1.29, 1.82) is 0 Å². The number of fused-ring (bicyclic) bond motifs is 6. The fourth-order valence-corrected chi connectivity index (χ4v) is 16.7. The molecule has 0 spiro atoms. The van der Waals surface area contributed by atoms with Gasteiger partial charge in [0.05, 0.1) is 22.1 Å². The van der Waals surface area contributed by atoms with Crippen molar-refractivity contribution in [3.63, 3.8) is 0 Å². The van der Waals surface area contributed by atoms with Crippen molar-refractivity contribution in [3.05, 3.63) is 303 Å². The fraction of sp³-hybridized carbons (Fsp3) is 0. The van der Waals surface area contributed by atoms with E-state index in [9.17, 15) is 0 Å². The monoisotopic (exact) mass is 970 g/mol. The lowest BCUT2D eigenvalue weighted by molar-refractivity contribution is 1.18. The summed E-state index contributed by atoms with van der Waals surface area (Å²) in [7, 11) is -2.67. The molecule has 2 heterocycles. The molecule has 0 unspecified atom stereocenters. The van der Waals surface area contributed by atoms with Gasteiger partial charge in [0.1, 0.15) is 0 Å². The Bertz CT molecular complexity index is 4250. The van der Waals surface area contributed by atoms with Gasteiger partial charge in [-0.05, 0) is 126 Å². The normalized spacial score (nSPS) is 11.7. The Morgan fingerprint density at radius 3 is 0.920 bits per heavy atom. The first kappa shape index (κ1) is 44.2. The SMILES string of the molecule is c1ccc(-c2ccc(-n3c4ccccc4c4cc(-c5ccc(-c6ccc7c(c6)c6ccccc6n7-c6ccc(-c7cccc([Si](c8ccccc8)(c8ccccc8)c8ccccc8)c7)cc6)cc5)ccc43)cc2)cc1. The van der Waals surface area contributed by atoms with Gasteiger partial charge in [0.2, 0.25) is 0 Å². The standard InChI is InChI=1S/C72H50N2Si/c1-5-18-51(19-6-1)52-36-42-59(43-37-52)73-69-30-15-13-28-65(69)67-49-57(40-46-71(67)73)53-32-34-54(35-33-53)58-41-47-72-68(50-58)66-29-14-16-31-70(66)74(72)60-44-38-55(39-45-60)56-20-17-27-64(48-56)75(61-21-7-2-8-22-61,62-23-9-3-10-24-62)63-25-11-4-12-26-63/h1-50H. The summed E-state index contributed by atoms with van der Waals surface area (Å²) >= 11 is 0. The first-order valence-electron chi connectivity index (χ1n) is 25.9. The van der Waals surface area contributed by atoms with E-state index in [4.69, 9.17) is 0 Å². The van der Waals surface area contributed by atoms with Crippen molar-refractivity contribution in [2.75, 3.05) is 0 Å². The molecule has 2 nitrogen and oxygen atoms in total. The minimum Gasteiger partial charge on any atom is -0.309 e. The maximum Gasteiger partial charge on any atom is 0.179 e. The summed E-state index contributed by atoms with van der Waals surface area (Å²) in [5, 5.41) is 10.5. The topological polar surface area (TPSA) is 9.86 Å². The molecular formula is C72H50N2Si. The molecule has 0 aliphatic carbocycles. The van der Waals surface area contributed by atoms with Crippen molar-refractivity contribution in [2.45, 2.75) is 0 Å². The summed E-state index contributed by atoms with van der Waals surface area (Å²) in [6.45, 7) is 0. The van der Waals surface area contributed by atoms with E-state index in [-0.39, 0.29) is 0 Å². The summed E-state index contributed by atoms with van der Waals surface area (Å²) in [6, 6.07) is 112. The molecular weight excluding hydrogens is 921 g/mol. The zero-order valence-corrected chi connectivity index (χ0v) is 42.3. The van der Waals surface area contributed by atoms with E-state index in [2.05, 4.69) is 312 Å². The molecule has 0 aliphatic rings. The van der Waals surface area contributed by atoms with Gasteiger partial charge in [-0.15, -0.1) is 0 Å². The number of para-hydroxylation sites is 2. The number of nitrogens with zero attached hydrogens (tertiary/aromatic N) is 2. The van der Waals surface area contributed by atoms with Crippen LogP contribution in [0.2, 0.25) is 0 Å². The molecule has 14 rings (SSSR count). The molecule has 0 N–H and O–H groups in total. The third kappa shape index (κ3) is 7.55. The van der Waals surface area contributed by atoms with Crippen molar-refractivity contribution in [2.24, 2.45) is 0 Å². The van der Waals surface area contributed by atoms with Gasteiger partial charge >= 0.3 is 0 Å². The Labute approximate surface area is 438 Å². The van der Waals surface area contributed by atoms with Crippen LogP contribution < -0.4 is 20.7 Å². The van der Waals surface area contributed by atoms with Crippen LogP contribution in [0, 0.1) is 0 Å². The molecule has 0 fully saturated rings. The van der Waals surface area contributed by atoms with Crippen molar-refractivity contribution in [3.8, 4) is 55.9 Å². The fourth-order valence-electron chi connectivity index (χ4n) is 11.9. The Morgan fingerprint density at radius 2 is 0.480 bits per heavy atom. The van der Waals surface area contributed by atoms with Gasteiger partial charge in [-0.3, -0.25) is 0 Å². The lowest BCUT2D eigenvalue weighted by Crippen LogP contribution is -2.74. The maximum atomic E-state index is 2.45. The van der Waals surface area contributed by atoms with Crippen LogP contribution in [0.4, 0.5) is 0 Å². The highest BCUT2D eigenvalue weighted by Gasteiger charge is 2.41. The Balaban J connectivity index is 0.781. The Kier molecular flexibility index (Phi) is 10.9. The van der Waals surface area contributed by atoms with Crippen LogP contribution >= 0.6 is 0 Å². The molecule has 75 heavy (non-hydrogen) atoms. The second-order valence-corrected chi connectivity index (χ2v) is 23.4. The Morgan fingerprint density at radius 1 is 0.187 bits per heavy atom. The molecule has 0 aliphatic heterocycles. The lowest BCUT2D eigenvalue weighted by Gasteiger charge is -2.34. The summed E-state index contributed by atoms with van der Waals surface area (Å²) < 4.78 is 4.81. The van der Waals surface area contributed by atoms with E-state index >= 15 is 0 Å². The van der Waals surface area contributed by atoms with Crippen molar-refractivity contribution >= 4 is 72.4 Å². The van der Waals surface area contributed by atoms with E-state index in [0.29, 0.717) is 0 Å². The molecule has 0 saturated heterocycles.